The summed E-state index contributed by atoms with van der Waals surface area (Å²) in [6.45, 7) is 3.07. The van der Waals surface area contributed by atoms with Crippen LogP contribution in [0.15, 0.2) is 24.5 Å². The van der Waals surface area contributed by atoms with Gasteiger partial charge in [0.15, 0.2) is 12.4 Å². The van der Waals surface area contributed by atoms with Crippen LogP contribution in [0.25, 0.3) is 0 Å². The lowest BCUT2D eigenvalue weighted by atomic mass is 10.0. The Labute approximate surface area is 187 Å². The van der Waals surface area contributed by atoms with Crippen LogP contribution in [0.2, 0.25) is 0 Å². The molecule has 0 saturated heterocycles. The normalized spacial score (nSPS) is 13.5. The highest BCUT2D eigenvalue weighted by atomic mass is 79.9. The fourth-order valence-corrected chi connectivity index (χ4v) is 5.06. The van der Waals surface area contributed by atoms with Crippen molar-refractivity contribution in [1.82, 2.24) is 0 Å². The molecule has 0 bridgehead atoms. The predicted octanol–water partition coefficient (Wildman–Crippen LogP) is 7.97. The number of nitrogens with zero attached hydrogens (tertiary/aromatic N) is 1. The first-order valence-corrected chi connectivity index (χ1v) is 15.9. The minimum atomic E-state index is -3.05. The molecule has 0 aromatic carbocycles. The summed E-state index contributed by atoms with van der Waals surface area (Å²) in [4.78, 5) is 9.26. The van der Waals surface area contributed by atoms with Crippen molar-refractivity contribution < 1.29 is 14.0 Å². The third-order valence-corrected chi connectivity index (χ3v) is 7.56. The third-order valence-electron chi connectivity index (χ3n) is 5.63. The number of hydrogen-bond acceptors (Lipinski definition) is 1. The SMILES string of the molecule is CCCCCCCCCCCCCCCCc1cc[n+](CCCP(=O)(O)Br)cc1. The Balaban J connectivity index is 1.91. The Morgan fingerprint density at radius 1 is 0.793 bits per heavy atom. The van der Waals surface area contributed by atoms with Gasteiger partial charge in [-0.15, -0.1) is 0 Å². The van der Waals surface area contributed by atoms with Crippen LogP contribution in [0.3, 0.4) is 0 Å². The Hall–Kier alpha value is -0.180. The van der Waals surface area contributed by atoms with Crippen LogP contribution in [-0.4, -0.2) is 11.1 Å². The Bertz CT molecular complexity index is 544. The topological polar surface area (TPSA) is 41.2 Å². The monoisotopic (exact) mass is 488 g/mol. The second-order valence-corrected chi connectivity index (χ2v) is 13.5. The molecule has 1 aromatic heterocycles. The zero-order valence-electron chi connectivity index (χ0n) is 18.7. The van der Waals surface area contributed by atoms with E-state index in [0.29, 0.717) is 12.6 Å². The maximum absolute atomic E-state index is 11.2. The lowest BCUT2D eigenvalue weighted by Gasteiger charge is -2.04. The molecule has 0 saturated carbocycles. The van der Waals surface area contributed by atoms with E-state index in [0.717, 1.165) is 13.0 Å². The standard InChI is InChI=1S/C24H43BrNO2P/c1-2-3-4-5-6-7-8-9-10-11-12-13-14-15-17-24-18-21-26(22-19-24)20-16-23-29(25,27)28/h18-19,21-22H,2-17,20,23H2,1H3/p+1. The van der Waals surface area contributed by atoms with E-state index in [9.17, 15) is 9.46 Å². The Morgan fingerprint density at radius 2 is 1.24 bits per heavy atom. The summed E-state index contributed by atoms with van der Waals surface area (Å²) in [6, 6.07) is 4.38. The molecule has 168 valence electrons. The fourth-order valence-electron chi connectivity index (χ4n) is 3.78. The van der Waals surface area contributed by atoms with Gasteiger partial charge in [-0.1, -0.05) is 90.4 Å². The molecular formula is C24H44BrNO2P+. The summed E-state index contributed by atoms with van der Waals surface area (Å²) in [5, 5.41) is 0. The number of unbranched alkanes of at least 4 members (excludes halogenated alkanes) is 13. The first kappa shape index (κ1) is 26.9. The maximum atomic E-state index is 11.2. The average molecular weight is 489 g/mol. The summed E-state index contributed by atoms with van der Waals surface area (Å²) in [6.07, 6.45) is 22.9. The smallest absolute Gasteiger partial charge is 0.263 e. The van der Waals surface area contributed by atoms with Crippen LogP contribution < -0.4 is 4.57 Å². The molecule has 0 aliphatic carbocycles. The first-order valence-electron chi connectivity index (χ1n) is 12.0. The van der Waals surface area contributed by atoms with Gasteiger partial charge in [0.05, 0.1) is 0 Å². The number of hydrogen-bond donors (Lipinski definition) is 1. The molecule has 1 N–H and O–H groups in total. The van der Waals surface area contributed by atoms with Gasteiger partial charge in [0.25, 0.3) is 6.07 Å². The minimum Gasteiger partial charge on any atom is -0.337 e. The Morgan fingerprint density at radius 3 is 1.69 bits per heavy atom. The zero-order chi connectivity index (χ0) is 21.2. The van der Waals surface area contributed by atoms with Crippen LogP contribution in [0.1, 0.15) is 109 Å². The lowest BCUT2D eigenvalue weighted by molar-refractivity contribution is -0.696. The van der Waals surface area contributed by atoms with Gasteiger partial charge in [-0.25, -0.2) is 4.57 Å². The second kappa shape index (κ2) is 17.5. The molecule has 0 aliphatic heterocycles. The second-order valence-electron chi connectivity index (χ2n) is 8.48. The molecule has 0 aliphatic rings. The summed E-state index contributed by atoms with van der Waals surface area (Å²) in [5.41, 5.74) is 1.40. The van der Waals surface area contributed by atoms with Crippen molar-refractivity contribution >= 4 is 21.6 Å². The Kier molecular flexibility index (Phi) is 16.2. The summed E-state index contributed by atoms with van der Waals surface area (Å²) >= 11 is 2.84. The zero-order valence-corrected chi connectivity index (χ0v) is 21.1. The highest BCUT2D eigenvalue weighted by Gasteiger charge is 2.13. The van der Waals surface area contributed by atoms with E-state index in [4.69, 9.17) is 0 Å². The van der Waals surface area contributed by atoms with Crippen molar-refractivity contribution in [2.24, 2.45) is 0 Å². The van der Waals surface area contributed by atoms with Crippen LogP contribution in [0.4, 0.5) is 0 Å². The lowest BCUT2D eigenvalue weighted by Crippen LogP contribution is -2.33. The van der Waals surface area contributed by atoms with Gasteiger partial charge in [0, 0.05) is 40.2 Å². The summed E-state index contributed by atoms with van der Waals surface area (Å²) in [5.74, 6) is 0. The molecule has 29 heavy (non-hydrogen) atoms. The van der Waals surface area contributed by atoms with Gasteiger partial charge in [0.2, 0.25) is 0 Å². The van der Waals surface area contributed by atoms with Crippen LogP contribution in [0.5, 0.6) is 0 Å². The highest BCUT2D eigenvalue weighted by Crippen LogP contribution is 2.49. The molecule has 0 amide bonds. The minimum absolute atomic E-state index is 0.320. The van der Waals surface area contributed by atoms with Gasteiger partial charge in [0.1, 0.15) is 6.54 Å². The molecule has 0 fully saturated rings. The molecule has 1 rings (SSSR count). The van der Waals surface area contributed by atoms with E-state index in [1.165, 1.54) is 95.5 Å². The van der Waals surface area contributed by atoms with Gasteiger partial charge >= 0.3 is 0 Å². The van der Waals surface area contributed by atoms with Crippen LogP contribution >= 0.6 is 21.6 Å². The highest BCUT2D eigenvalue weighted by molar-refractivity contribution is 9.39. The number of aromatic nitrogens is 1. The first-order chi connectivity index (χ1) is 14.0. The van der Waals surface area contributed by atoms with E-state index < -0.39 is 6.07 Å². The van der Waals surface area contributed by atoms with Crippen LogP contribution in [0, 0.1) is 0 Å². The van der Waals surface area contributed by atoms with Gasteiger partial charge in [-0.05, 0) is 18.4 Å². The van der Waals surface area contributed by atoms with Crippen LogP contribution in [-0.2, 0) is 17.5 Å². The molecule has 5 heteroatoms. The quantitative estimate of drug-likeness (QED) is 0.122. The van der Waals surface area contributed by atoms with Gasteiger partial charge in [-0.2, -0.15) is 0 Å². The molecule has 1 unspecified atom stereocenters. The van der Waals surface area contributed by atoms with Crippen molar-refractivity contribution in [3.05, 3.63) is 30.1 Å². The van der Waals surface area contributed by atoms with E-state index in [1.54, 1.807) is 0 Å². The summed E-state index contributed by atoms with van der Waals surface area (Å²) in [7, 11) is 0. The molecule has 0 radical (unpaired) electrons. The fraction of sp³-hybridized carbons (Fsp3) is 0.792. The predicted molar refractivity (Wildman–Crippen MR) is 129 cm³/mol. The number of rotatable bonds is 19. The maximum Gasteiger partial charge on any atom is 0.263 e. The van der Waals surface area contributed by atoms with Crippen molar-refractivity contribution in [2.75, 3.05) is 6.16 Å². The third kappa shape index (κ3) is 17.2. The molecule has 0 spiro atoms. The van der Waals surface area contributed by atoms with E-state index in [1.807, 2.05) is 0 Å². The summed E-state index contributed by atoms with van der Waals surface area (Å²) < 4.78 is 13.3. The molecule has 1 atom stereocenters. The van der Waals surface area contributed by atoms with Crippen molar-refractivity contribution in [1.29, 1.82) is 0 Å². The largest absolute Gasteiger partial charge is 0.337 e. The molecule has 3 nitrogen and oxygen atoms in total. The van der Waals surface area contributed by atoms with Crippen molar-refractivity contribution in [2.45, 2.75) is 116 Å². The number of pyridine rings is 1. The van der Waals surface area contributed by atoms with Crippen molar-refractivity contribution in [3.8, 4) is 0 Å². The van der Waals surface area contributed by atoms with Crippen molar-refractivity contribution in [3.63, 3.8) is 0 Å². The molecular weight excluding hydrogens is 445 g/mol. The van der Waals surface area contributed by atoms with Gasteiger partial charge in [-0.3, -0.25) is 4.57 Å². The number of aryl methyl sites for hydroxylation is 2. The average Bonchev–Trinajstić information content (AvgIpc) is 2.68. The molecule has 1 aromatic rings. The molecule has 1 heterocycles. The van der Waals surface area contributed by atoms with E-state index >= 15 is 0 Å². The van der Waals surface area contributed by atoms with E-state index in [2.05, 4.69) is 51.5 Å². The number of halogens is 1. The van der Waals surface area contributed by atoms with Gasteiger partial charge < -0.3 is 4.89 Å². The van der Waals surface area contributed by atoms with E-state index in [-0.39, 0.29) is 0 Å².